The molecule has 0 spiro atoms. The summed E-state index contributed by atoms with van der Waals surface area (Å²) in [4.78, 5) is 6.74. The van der Waals surface area contributed by atoms with Crippen LogP contribution in [0, 0.1) is 0 Å². The van der Waals surface area contributed by atoms with Crippen LogP contribution in [0.25, 0.3) is 0 Å². The lowest BCUT2D eigenvalue weighted by atomic mass is 9.91. The van der Waals surface area contributed by atoms with Gasteiger partial charge in [0.25, 0.3) is 0 Å². The number of hydrogen-bond donors (Lipinski definition) is 1. The zero-order chi connectivity index (χ0) is 27.6. The van der Waals surface area contributed by atoms with E-state index in [9.17, 15) is 49.0 Å². The predicted octanol–water partition coefficient (Wildman–Crippen LogP) is 6.43. The first-order valence-electron chi connectivity index (χ1n) is 9.88. The SMILES string of the molecule is OC(c1ncc(C(Cc2ccncc2)c2ccc(OC(F)F)c(OC(F)F)c2)s1)(C(F)(F)F)C(F)(F)F. The van der Waals surface area contributed by atoms with Gasteiger partial charge in [-0.3, -0.25) is 4.98 Å². The lowest BCUT2D eigenvalue weighted by Crippen LogP contribution is -2.53. The van der Waals surface area contributed by atoms with E-state index in [4.69, 9.17) is 0 Å². The van der Waals surface area contributed by atoms with Gasteiger partial charge in [-0.1, -0.05) is 6.07 Å². The minimum Gasteiger partial charge on any atom is -0.431 e. The van der Waals surface area contributed by atoms with Crippen molar-refractivity contribution in [2.24, 2.45) is 0 Å². The molecule has 2 heterocycles. The Morgan fingerprint density at radius 1 is 0.838 bits per heavy atom. The molecule has 1 aromatic carbocycles. The summed E-state index contributed by atoms with van der Waals surface area (Å²) in [5, 5.41) is 7.95. The van der Waals surface area contributed by atoms with Gasteiger partial charge in [0.15, 0.2) is 11.5 Å². The molecule has 0 aliphatic rings. The Morgan fingerprint density at radius 2 is 1.41 bits per heavy atom. The molecule has 1 unspecified atom stereocenters. The molecular formula is C21H14F10N2O3S. The van der Waals surface area contributed by atoms with E-state index in [1.807, 2.05) is 0 Å². The van der Waals surface area contributed by atoms with Crippen molar-refractivity contribution in [1.82, 2.24) is 9.97 Å². The van der Waals surface area contributed by atoms with Crippen molar-refractivity contribution < 1.29 is 58.5 Å². The largest absolute Gasteiger partial charge is 0.433 e. The Morgan fingerprint density at radius 3 is 1.95 bits per heavy atom. The zero-order valence-electron chi connectivity index (χ0n) is 17.9. The molecule has 0 amide bonds. The summed E-state index contributed by atoms with van der Waals surface area (Å²) in [5.41, 5.74) is -4.82. The van der Waals surface area contributed by atoms with Crippen molar-refractivity contribution in [3.8, 4) is 11.5 Å². The van der Waals surface area contributed by atoms with Crippen LogP contribution in [0.1, 0.15) is 26.9 Å². The second-order valence-electron chi connectivity index (χ2n) is 7.35. The van der Waals surface area contributed by atoms with E-state index in [1.165, 1.54) is 24.5 Å². The van der Waals surface area contributed by atoms with Gasteiger partial charge in [0, 0.05) is 29.4 Å². The van der Waals surface area contributed by atoms with E-state index in [1.54, 1.807) is 0 Å². The van der Waals surface area contributed by atoms with E-state index < -0.39 is 53.6 Å². The van der Waals surface area contributed by atoms with Crippen molar-refractivity contribution in [1.29, 1.82) is 0 Å². The van der Waals surface area contributed by atoms with Gasteiger partial charge in [-0.2, -0.15) is 43.9 Å². The molecule has 16 heteroatoms. The van der Waals surface area contributed by atoms with Crippen molar-refractivity contribution in [2.75, 3.05) is 0 Å². The number of halogens is 10. The number of ether oxygens (including phenoxy) is 2. The maximum Gasteiger partial charge on any atom is 0.433 e. The molecule has 1 N–H and O–H groups in total. The molecule has 0 radical (unpaired) electrons. The highest BCUT2D eigenvalue weighted by Gasteiger charge is 2.73. The maximum absolute atomic E-state index is 13.3. The van der Waals surface area contributed by atoms with Crippen molar-refractivity contribution >= 4 is 11.3 Å². The van der Waals surface area contributed by atoms with E-state index in [2.05, 4.69) is 19.4 Å². The fourth-order valence-corrected chi connectivity index (χ4v) is 4.45. The molecule has 0 fully saturated rings. The van der Waals surface area contributed by atoms with Crippen LogP contribution in [-0.2, 0) is 12.0 Å². The fraction of sp³-hybridized carbons (Fsp3) is 0.333. The molecule has 0 aliphatic heterocycles. The van der Waals surface area contributed by atoms with Gasteiger partial charge in [-0.05, 0) is 41.8 Å². The topological polar surface area (TPSA) is 64.5 Å². The standard InChI is InChI=1S/C21H14F10N2O3S/c22-17(23)35-13-2-1-11(8-14(13)36-18(24)25)12(7-10-3-5-32-6-4-10)15-9-33-16(37-15)19(34,20(26,27)28)21(29,30)31/h1-6,8-9,12,17-18,34H,7H2. The van der Waals surface area contributed by atoms with Crippen LogP contribution in [0.3, 0.4) is 0 Å². The van der Waals surface area contributed by atoms with Gasteiger partial charge in [0.2, 0.25) is 0 Å². The highest BCUT2D eigenvalue weighted by Crippen LogP contribution is 2.52. The van der Waals surface area contributed by atoms with Crippen molar-refractivity contribution in [2.45, 2.75) is 43.5 Å². The van der Waals surface area contributed by atoms with Gasteiger partial charge < -0.3 is 14.6 Å². The number of pyridine rings is 1. The smallest absolute Gasteiger partial charge is 0.431 e. The van der Waals surface area contributed by atoms with Gasteiger partial charge in [-0.25, -0.2) is 4.98 Å². The number of thiazole rings is 1. The monoisotopic (exact) mass is 564 g/mol. The second kappa shape index (κ2) is 10.7. The fourth-order valence-electron chi connectivity index (χ4n) is 3.28. The third-order valence-electron chi connectivity index (χ3n) is 4.99. The number of alkyl halides is 10. The van der Waals surface area contributed by atoms with E-state index in [0.717, 1.165) is 18.2 Å². The molecule has 37 heavy (non-hydrogen) atoms. The maximum atomic E-state index is 13.3. The normalized spacial score (nSPS) is 13.8. The molecular weight excluding hydrogens is 550 g/mol. The summed E-state index contributed by atoms with van der Waals surface area (Å²) in [6.07, 6.45) is -9.10. The molecule has 0 aliphatic carbocycles. The Kier molecular flexibility index (Phi) is 8.21. The molecule has 5 nitrogen and oxygen atoms in total. The third kappa shape index (κ3) is 6.23. The summed E-state index contributed by atoms with van der Waals surface area (Å²) >= 11 is -0.107. The number of rotatable bonds is 9. The summed E-state index contributed by atoms with van der Waals surface area (Å²) in [6, 6.07) is 5.72. The van der Waals surface area contributed by atoms with Crippen LogP contribution in [0.5, 0.6) is 11.5 Å². The van der Waals surface area contributed by atoms with E-state index in [0.29, 0.717) is 11.8 Å². The summed E-state index contributed by atoms with van der Waals surface area (Å²) < 4.78 is 139. The number of aromatic nitrogens is 2. The van der Waals surface area contributed by atoms with Crippen LogP contribution >= 0.6 is 11.3 Å². The third-order valence-corrected chi connectivity index (χ3v) is 6.21. The van der Waals surface area contributed by atoms with Crippen LogP contribution in [0.2, 0.25) is 0 Å². The van der Waals surface area contributed by atoms with Crippen LogP contribution < -0.4 is 9.47 Å². The summed E-state index contributed by atoms with van der Waals surface area (Å²) in [6.45, 7) is -6.89. The van der Waals surface area contributed by atoms with Crippen LogP contribution in [0.15, 0.2) is 48.9 Å². The van der Waals surface area contributed by atoms with Gasteiger partial charge >= 0.3 is 31.2 Å². The first-order valence-corrected chi connectivity index (χ1v) is 10.7. The van der Waals surface area contributed by atoms with Crippen molar-refractivity contribution in [3.63, 3.8) is 0 Å². The van der Waals surface area contributed by atoms with Crippen LogP contribution in [0.4, 0.5) is 43.9 Å². The van der Waals surface area contributed by atoms with Gasteiger partial charge in [0.1, 0.15) is 5.01 Å². The second-order valence-corrected chi connectivity index (χ2v) is 8.41. The number of aliphatic hydroxyl groups is 1. The number of hydrogen-bond acceptors (Lipinski definition) is 6. The quantitative estimate of drug-likeness (QED) is 0.304. The summed E-state index contributed by atoms with van der Waals surface area (Å²) in [5.74, 6) is -2.77. The molecule has 0 bridgehead atoms. The lowest BCUT2D eigenvalue weighted by molar-refractivity contribution is -0.376. The minimum absolute atomic E-state index is 0.0214. The molecule has 202 valence electrons. The average molecular weight is 564 g/mol. The Bertz CT molecular complexity index is 1170. The summed E-state index contributed by atoms with van der Waals surface area (Å²) in [7, 11) is 0. The van der Waals surface area contributed by atoms with Gasteiger partial charge in [0.05, 0.1) is 0 Å². The average Bonchev–Trinajstić information content (AvgIpc) is 3.27. The molecule has 3 rings (SSSR count). The zero-order valence-corrected chi connectivity index (χ0v) is 18.7. The molecule has 1 atom stereocenters. The predicted molar refractivity (Wildman–Crippen MR) is 108 cm³/mol. The first kappa shape index (κ1) is 28.4. The Labute approximate surface area is 205 Å². The highest BCUT2D eigenvalue weighted by atomic mass is 32.1. The first-order chi connectivity index (χ1) is 17.1. The molecule has 2 aromatic heterocycles. The van der Waals surface area contributed by atoms with E-state index in [-0.39, 0.29) is 28.2 Å². The highest BCUT2D eigenvalue weighted by molar-refractivity contribution is 7.11. The molecule has 0 saturated heterocycles. The number of nitrogens with zero attached hydrogens (tertiary/aromatic N) is 2. The molecule has 3 aromatic rings. The van der Waals surface area contributed by atoms with Crippen LogP contribution in [-0.4, -0.2) is 40.7 Å². The lowest BCUT2D eigenvalue weighted by Gasteiger charge is -2.30. The number of benzene rings is 1. The van der Waals surface area contributed by atoms with E-state index >= 15 is 0 Å². The molecule has 0 saturated carbocycles. The van der Waals surface area contributed by atoms with Gasteiger partial charge in [-0.15, -0.1) is 11.3 Å². The van der Waals surface area contributed by atoms with Crippen molar-refractivity contribution in [3.05, 3.63) is 69.9 Å². The Balaban J connectivity index is 2.14. The minimum atomic E-state index is -6.17. The Hall–Kier alpha value is -3.14.